The van der Waals surface area contributed by atoms with E-state index in [4.69, 9.17) is 10.8 Å². The van der Waals surface area contributed by atoms with Gasteiger partial charge < -0.3 is 15.7 Å². The summed E-state index contributed by atoms with van der Waals surface area (Å²) in [7, 11) is 0. The van der Waals surface area contributed by atoms with E-state index in [1.807, 2.05) is 13.8 Å². The van der Waals surface area contributed by atoms with Crippen molar-refractivity contribution in [3.8, 4) is 0 Å². The molecule has 0 aliphatic heterocycles. The number of aliphatic carboxylic acids is 1. The van der Waals surface area contributed by atoms with Crippen molar-refractivity contribution in [3.05, 3.63) is 0 Å². The second kappa shape index (κ2) is 6.40. The van der Waals surface area contributed by atoms with Gasteiger partial charge in [-0.25, -0.2) is 0 Å². The van der Waals surface area contributed by atoms with Gasteiger partial charge in [0.15, 0.2) is 0 Å². The first kappa shape index (κ1) is 13.9. The molecule has 0 heterocycles. The predicted octanol–water partition coefficient (Wildman–Crippen LogP) is 0.293. The Morgan fingerprint density at radius 1 is 1.40 bits per heavy atom. The zero-order valence-corrected chi connectivity index (χ0v) is 9.56. The average Bonchev–Trinajstić information content (AvgIpc) is 2.13. The topological polar surface area (TPSA) is 83.6 Å². The van der Waals surface area contributed by atoms with Crippen LogP contribution in [-0.2, 0) is 9.59 Å². The van der Waals surface area contributed by atoms with Crippen molar-refractivity contribution >= 4 is 11.9 Å². The van der Waals surface area contributed by atoms with Gasteiger partial charge >= 0.3 is 5.97 Å². The highest BCUT2D eigenvalue weighted by molar-refractivity contribution is 5.85. The van der Waals surface area contributed by atoms with Gasteiger partial charge in [-0.05, 0) is 12.3 Å². The molecule has 0 saturated carbocycles. The zero-order chi connectivity index (χ0) is 12.0. The van der Waals surface area contributed by atoms with Crippen molar-refractivity contribution in [2.75, 3.05) is 13.1 Å². The molecular weight excluding hydrogens is 196 g/mol. The van der Waals surface area contributed by atoms with E-state index < -0.39 is 12.0 Å². The number of rotatable bonds is 6. The number of carboxylic acid groups (broad SMARTS) is 1. The second-order valence-electron chi connectivity index (χ2n) is 4.02. The highest BCUT2D eigenvalue weighted by atomic mass is 16.4. The molecule has 0 aliphatic carbocycles. The molecule has 15 heavy (non-hydrogen) atoms. The smallest absolute Gasteiger partial charge is 0.323 e. The number of carbonyl (C=O) groups is 2. The van der Waals surface area contributed by atoms with Gasteiger partial charge in [0.25, 0.3) is 0 Å². The number of carbonyl (C=O) groups excluding carboxylic acids is 1. The highest BCUT2D eigenvalue weighted by Gasteiger charge is 2.22. The zero-order valence-electron chi connectivity index (χ0n) is 9.56. The fourth-order valence-corrected chi connectivity index (χ4v) is 1.25. The molecule has 0 aromatic heterocycles. The molecule has 0 fully saturated rings. The van der Waals surface area contributed by atoms with Crippen LogP contribution >= 0.6 is 0 Å². The van der Waals surface area contributed by atoms with Crippen molar-refractivity contribution in [1.82, 2.24) is 4.90 Å². The summed E-state index contributed by atoms with van der Waals surface area (Å²) in [6.45, 7) is 5.82. The molecule has 0 radical (unpaired) electrons. The first-order chi connectivity index (χ1) is 6.88. The minimum atomic E-state index is -1.01. The van der Waals surface area contributed by atoms with Crippen LogP contribution in [0.4, 0.5) is 0 Å². The van der Waals surface area contributed by atoms with Crippen LogP contribution in [0.15, 0.2) is 0 Å². The van der Waals surface area contributed by atoms with Crippen molar-refractivity contribution in [3.63, 3.8) is 0 Å². The van der Waals surface area contributed by atoms with E-state index in [0.717, 1.165) is 0 Å². The molecule has 0 aromatic carbocycles. The number of hydrogen-bond acceptors (Lipinski definition) is 3. The van der Waals surface area contributed by atoms with E-state index in [0.29, 0.717) is 13.0 Å². The van der Waals surface area contributed by atoms with Gasteiger partial charge in [0.05, 0.1) is 6.04 Å². The molecule has 1 atom stereocenters. The first-order valence-electron chi connectivity index (χ1n) is 5.14. The molecule has 0 rings (SSSR count). The Hall–Kier alpha value is -1.10. The van der Waals surface area contributed by atoms with Crippen molar-refractivity contribution in [1.29, 1.82) is 0 Å². The number of amides is 1. The number of nitrogens with two attached hydrogens (primary N) is 1. The molecule has 88 valence electrons. The minimum Gasteiger partial charge on any atom is -0.480 e. The van der Waals surface area contributed by atoms with Gasteiger partial charge in [0.2, 0.25) is 5.91 Å². The van der Waals surface area contributed by atoms with Crippen LogP contribution in [0, 0.1) is 5.92 Å². The Morgan fingerprint density at radius 3 is 2.27 bits per heavy atom. The SMILES string of the molecule is CC[C@H](N)C(=O)N(CC(=O)O)CC(C)C. The molecule has 0 spiro atoms. The summed E-state index contributed by atoms with van der Waals surface area (Å²) in [5.74, 6) is -1.06. The predicted molar refractivity (Wildman–Crippen MR) is 57.3 cm³/mol. The van der Waals surface area contributed by atoms with E-state index in [1.54, 1.807) is 6.92 Å². The second-order valence-corrected chi connectivity index (χ2v) is 4.02. The summed E-state index contributed by atoms with van der Waals surface area (Å²) >= 11 is 0. The lowest BCUT2D eigenvalue weighted by atomic mass is 10.1. The first-order valence-corrected chi connectivity index (χ1v) is 5.14. The Morgan fingerprint density at radius 2 is 1.93 bits per heavy atom. The maximum Gasteiger partial charge on any atom is 0.323 e. The van der Waals surface area contributed by atoms with Gasteiger partial charge in [0.1, 0.15) is 6.54 Å². The van der Waals surface area contributed by atoms with Crippen LogP contribution < -0.4 is 5.73 Å². The third kappa shape index (κ3) is 5.37. The molecule has 0 aliphatic rings. The monoisotopic (exact) mass is 216 g/mol. The standard InChI is InChI=1S/C10H20N2O3/c1-4-8(11)10(15)12(5-7(2)3)6-9(13)14/h7-8H,4-6,11H2,1-3H3,(H,13,14)/t8-/m0/s1. The van der Waals surface area contributed by atoms with Crippen molar-refractivity contribution < 1.29 is 14.7 Å². The lowest BCUT2D eigenvalue weighted by Crippen LogP contribution is -2.46. The van der Waals surface area contributed by atoms with E-state index in [-0.39, 0.29) is 18.4 Å². The van der Waals surface area contributed by atoms with E-state index in [1.165, 1.54) is 4.90 Å². The normalized spacial score (nSPS) is 12.6. The number of nitrogens with zero attached hydrogens (tertiary/aromatic N) is 1. The third-order valence-corrected chi connectivity index (χ3v) is 1.98. The van der Waals surface area contributed by atoms with Gasteiger partial charge in [-0.15, -0.1) is 0 Å². The summed E-state index contributed by atoms with van der Waals surface area (Å²) in [6.07, 6.45) is 0.521. The Bertz CT molecular complexity index is 229. The van der Waals surface area contributed by atoms with Gasteiger partial charge in [0, 0.05) is 6.54 Å². The molecule has 0 saturated heterocycles. The van der Waals surface area contributed by atoms with E-state index >= 15 is 0 Å². The molecule has 5 nitrogen and oxygen atoms in total. The van der Waals surface area contributed by atoms with Crippen LogP contribution in [0.3, 0.4) is 0 Å². The maximum absolute atomic E-state index is 11.7. The lowest BCUT2D eigenvalue weighted by molar-refractivity contribution is -0.145. The summed E-state index contributed by atoms with van der Waals surface area (Å²) in [5, 5.41) is 8.67. The fourth-order valence-electron chi connectivity index (χ4n) is 1.25. The minimum absolute atomic E-state index is 0.234. The third-order valence-electron chi connectivity index (χ3n) is 1.98. The molecule has 0 aromatic rings. The molecule has 0 bridgehead atoms. The van der Waals surface area contributed by atoms with Crippen molar-refractivity contribution in [2.24, 2.45) is 11.7 Å². The number of hydrogen-bond donors (Lipinski definition) is 2. The van der Waals surface area contributed by atoms with Gasteiger partial charge in [-0.1, -0.05) is 20.8 Å². The number of carboxylic acids is 1. The molecule has 0 unspecified atom stereocenters. The van der Waals surface area contributed by atoms with Crippen molar-refractivity contribution in [2.45, 2.75) is 33.2 Å². The Balaban J connectivity index is 4.47. The molecular formula is C10H20N2O3. The van der Waals surface area contributed by atoms with E-state index in [2.05, 4.69) is 0 Å². The molecule has 3 N–H and O–H groups in total. The fraction of sp³-hybridized carbons (Fsp3) is 0.800. The van der Waals surface area contributed by atoms with E-state index in [9.17, 15) is 9.59 Å². The largest absolute Gasteiger partial charge is 0.480 e. The summed E-state index contributed by atoms with van der Waals surface area (Å²) in [4.78, 5) is 23.6. The van der Waals surface area contributed by atoms with Gasteiger partial charge in [-0.2, -0.15) is 0 Å². The van der Waals surface area contributed by atoms with Gasteiger partial charge in [-0.3, -0.25) is 9.59 Å². The average molecular weight is 216 g/mol. The summed E-state index contributed by atoms with van der Waals surface area (Å²) in [6, 6.07) is -0.594. The molecule has 5 heteroatoms. The van der Waals surface area contributed by atoms with Crippen LogP contribution in [0.1, 0.15) is 27.2 Å². The molecule has 1 amide bonds. The lowest BCUT2D eigenvalue weighted by Gasteiger charge is -2.25. The summed E-state index contributed by atoms with van der Waals surface area (Å²) in [5.41, 5.74) is 5.58. The quantitative estimate of drug-likeness (QED) is 0.668. The van der Waals surface area contributed by atoms with Crippen LogP contribution in [0.25, 0.3) is 0 Å². The van der Waals surface area contributed by atoms with Crippen LogP contribution in [-0.4, -0.2) is 41.0 Å². The Kier molecular flexibility index (Phi) is 5.93. The Labute approximate surface area is 90.2 Å². The maximum atomic E-state index is 11.7. The highest BCUT2D eigenvalue weighted by Crippen LogP contribution is 2.02. The summed E-state index contributed by atoms with van der Waals surface area (Å²) < 4.78 is 0. The van der Waals surface area contributed by atoms with Crippen LogP contribution in [0.2, 0.25) is 0 Å². The van der Waals surface area contributed by atoms with Crippen LogP contribution in [0.5, 0.6) is 0 Å².